The standard InChI is InChI=1S/C27H30N8/c1-18-8-10-21(23(14-18)34-12-3-4-13-34)28-15-24-32-26(20-9-11-25-29-17-30-35(25)16-20)27(33-24)22-7-5-6-19(2)31-22/h5-11,16-18,28H,3-4,12-15H2,1-2H3,(H,32,33). The zero-order valence-electron chi connectivity index (χ0n) is 20.2. The van der Waals surface area contributed by atoms with Gasteiger partial charge in [0.2, 0.25) is 0 Å². The summed E-state index contributed by atoms with van der Waals surface area (Å²) in [5.74, 6) is 1.44. The minimum Gasteiger partial charge on any atom is -0.376 e. The van der Waals surface area contributed by atoms with Crippen molar-refractivity contribution in [1.82, 2.24) is 39.8 Å². The number of hydrogen-bond donors (Lipinski definition) is 2. The first kappa shape index (κ1) is 21.6. The lowest BCUT2D eigenvalue weighted by atomic mass is 9.97. The third kappa shape index (κ3) is 4.32. The van der Waals surface area contributed by atoms with Gasteiger partial charge in [0, 0.05) is 36.2 Å². The molecule has 1 fully saturated rings. The van der Waals surface area contributed by atoms with E-state index in [0.29, 0.717) is 12.5 Å². The molecule has 178 valence electrons. The number of allylic oxidation sites excluding steroid dienone is 3. The predicted molar refractivity (Wildman–Crippen MR) is 136 cm³/mol. The number of fused-ring (bicyclic) bond motifs is 1. The molecule has 2 N–H and O–H groups in total. The molecule has 8 heteroatoms. The quantitative estimate of drug-likeness (QED) is 0.436. The molecule has 4 aromatic heterocycles. The second kappa shape index (κ2) is 9.02. The number of rotatable bonds is 6. The molecule has 35 heavy (non-hydrogen) atoms. The minimum absolute atomic E-state index is 0.567. The minimum atomic E-state index is 0.567. The van der Waals surface area contributed by atoms with Gasteiger partial charge in [-0.25, -0.2) is 14.5 Å². The molecule has 1 aliphatic carbocycles. The van der Waals surface area contributed by atoms with Gasteiger partial charge in [0.1, 0.15) is 12.2 Å². The van der Waals surface area contributed by atoms with E-state index < -0.39 is 0 Å². The number of hydrogen-bond acceptors (Lipinski definition) is 6. The van der Waals surface area contributed by atoms with E-state index in [1.165, 1.54) is 24.2 Å². The normalized spacial score (nSPS) is 18.1. The molecule has 1 unspecified atom stereocenters. The van der Waals surface area contributed by atoms with Crippen molar-refractivity contribution < 1.29 is 0 Å². The van der Waals surface area contributed by atoms with Crippen molar-refractivity contribution in [3.63, 3.8) is 0 Å². The Morgan fingerprint density at radius 2 is 2.00 bits per heavy atom. The van der Waals surface area contributed by atoms with Crippen LogP contribution in [-0.2, 0) is 6.54 Å². The van der Waals surface area contributed by atoms with E-state index in [4.69, 9.17) is 9.97 Å². The van der Waals surface area contributed by atoms with Crippen LogP contribution in [0.25, 0.3) is 28.3 Å². The Bertz CT molecular complexity index is 1420. The average molecular weight is 467 g/mol. The number of nitrogens with one attached hydrogen (secondary N) is 2. The summed E-state index contributed by atoms with van der Waals surface area (Å²) in [7, 11) is 0. The Hall–Kier alpha value is -3.94. The number of aromatic amines is 1. The molecule has 0 amide bonds. The lowest BCUT2D eigenvalue weighted by molar-refractivity contribution is 0.383. The Kier molecular flexibility index (Phi) is 5.56. The lowest BCUT2D eigenvalue weighted by Crippen LogP contribution is -2.27. The summed E-state index contributed by atoms with van der Waals surface area (Å²) in [6, 6.07) is 10.1. The van der Waals surface area contributed by atoms with E-state index in [1.54, 1.807) is 10.8 Å². The van der Waals surface area contributed by atoms with Crippen molar-refractivity contribution in [3.05, 3.63) is 77.9 Å². The van der Waals surface area contributed by atoms with E-state index in [0.717, 1.165) is 59.3 Å². The van der Waals surface area contributed by atoms with E-state index >= 15 is 0 Å². The summed E-state index contributed by atoms with van der Waals surface area (Å²) in [6.07, 6.45) is 11.7. The Balaban J connectivity index is 1.35. The van der Waals surface area contributed by atoms with Gasteiger partial charge in [-0.15, -0.1) is 0 Å². The molecule has 0 radical (unpaired) electrons. The number of nitrogens with zero attached hydrogens (tertiary/aromatic N) is 6. The molecule has 8 nitrogen and oxygen atoms in total. The van der Waals surface area contributed by atoms with Crippen molar-refractivity contribution in [2.45, 2.75) is 39.7 Å². The van der Waals surface area contributed by atoms with Crippen LogP contribution in [0, 0.1) is 12.8 Å². The second-order valence-corrected chi connectivity index (χ2v) is 9.50. The second-order valence-electron chi connectivity index (χ2n) is 9.50. The highest BCUT2D eigenvalue weighted by atomic mass is 15.3. The molecule has 4 aromatic rings. The zero-order valence-corrected chi connectivity index (χ0v) is 20.2. The fraction of sp³-hybridized carbons (Fsp3) is 0.333. The van der Waals surface area contributed by atoms with Gasteiger partial charge in [0.15, 0.2) is 5.65 Å². The summed E-state index contributed by atoms with van der Waals surface area (Å²) < 4.78 is 1.77. The maximum absolute atomic E-state index is 5.02. The molecule has 1 atom stereocenters. The number of imidazole rings is 1. The van der Waals surface area contributed by atoms with E-state index in [1.807, 2.05) is 43.5 Å². The summed E-state index contributed by atoms with van der Waals surface area (Å²) in [5.41, 5.74) is 8.03. The maximum atomic E-state index is 5.02. The SMILES string of the molecule is Cc1cccc(-c2[nH]c(CNC3=C(N4CCCC4)CC(C)C=C3)nc2-c2ccc3ncnn3c2)n1. The van der Waals surface area contributed by atoms with Crippen LogP contribution in [0.4, 0.5) is 0 Å². The van der Waals surface area contributed by atoms with Crippen LogP contribution in [0.5, 0.6) is 0 Å². The number of aryl methyl sites for hydroxylation is 1. The molecule has 1 aliphatic heterocycles. The first-order valence-corrected chi connectivity index (χ1v) is 12.4. The van der Waals surface area contributed by atoms with Crippen LogP contribution >= 0.6 is 0 Å². The Morgan fingerprint density at radius 1 is 1.11 bits per heavy atom. The fourth-order valence-electron chi connectivity index (χ4n) is 5.01. The topological polar surface area (TPSA) is 87.0 Å². The molecule has 0 saturated carbocycles. The maximum Gasteiger partial charge on any atom is 0.155 e. The molecule has 6 rings (SSSR count). The highest BCUT2D eigenvalue weighted by Crippen LogP contribution is 2.31. The number of pyridine rings is 2. The van der Waals surface area contributed by atoms with Gasteiger partial charge in [0.25, 0.3) is 0 Å². The van der Waals surface area contributed by atoms with Gasteiger partial charge in [0.05, 0.1) is 29.3 Å². The first-order chi connectivity index (χ1) is 17.1. The molecular weight excluding hydrogens is 436 g/mol. The van der Waals surface area contributed by atoms with Crippen LogP contribution in [0.2, 0.25) is 0 Å². The Morgan fingerprint density at radius 3 is 2.86 bits per heavy atom. The smallest absolute Gasteiger partial charge is 0.155 e. The van der Waals surface area contributed by atoms with Gasteiger partial charge >= 0.3 is 0 Å². The van der Waals surface area contributed by atoms with Gasteiger partial charge in [-0.1, -0.05) is 19.1 Å². The first-order valence-electron chi connectivity index (χ1n) is 12.4. The lowest BCUT2D eigenvalue weighted by Gasteiger charge is -2.29. The van der Waals surface area contributed by atoms with Crippen molar-refractivity contribution in [1.29, 1.82) is 0 Å². The van der Waals surface area contributed by atoms with Crippen LogP contribution in [0.15, 0.2) is 66.4 Å². The van der Waals surface area contributed by atoms with Crippen molar-refractivity contribution >= 4 is 5.65 Å². The molecule has 5 heterocycles. The van der Waals surface area contributed by atoms with Gasteiger partial charge < -0.3 is 15.2 Å². The number of likely N-dealkylation sites (tertiary alicyclic amines) is 1. The van der Waals surface area contributed by atoms with Crippen molar-refractivity contribution in [2.75, 3.05) is 13.1 Å². The van der Waals surface area contributed by atoms with Crippen molar-refractivity contribution in [2.24, 2.45) is 5.92 Å². The van der Waals surface area contributed by atoms with Crippen LogP contribution in [-0.4, -0.2) is 47.5 Å². The van der Waals surface area contributed by atoms with Gasteiger partial charge in [-0.2, -0.15) is 5.10 Å². The third-order valence-electron chi connectivity index (χ3n) is 6.80. The number of aromatic nitrogens is 6. The summed E-state index contributed by atoms with van der Waals surface area (Å²) in [6.45, 7) is 7.21. The molecular formula is C27H30N8. The van der Waals surface area contributed by atoms with E-state index in [-0.39, 0.29) is 0 Å². The zero-order chi connectivity index (χ0) is 23.8. The third-order valence-corrected chi connectivity index (χ3v) is 6.80. The van der Waals surface area contributed by atoms with Gasteiger partial charge in [-0.3, -0.25) is 4.98 Å². The molecule has 1 saturated heterocycles. The van der Waals surface area contributed by atoms with Crippen LogP contribution < -0.4 is 5.32 Å². The number of H-pyrrole nitrogens is 1. The summed E-state index contributed by atoms with van der Waals surface area (Å²) in [4.78, 5) is 20.2. The largest absolute Gasteiger partial charge is 0.376 e. The van der Waals surface area contributed by atoms with Crippen molar-refractivity contribution in [3.8, 4) is 22.6 Å². The summed E-state index contributed by atoms with van der Waals surface area (Å²) >= 11 is 0. The molecule has 2 aliphatic rings. The Labute approximate surface area is 204 Å². The van der Waals surface area contributed by atoms with E-state index in [9.17, 15) is 0 Å². The van der Waals surface area contributed by atoms with Crippen LogP contribution in [0.3, 0.4) is 0 Å². The predicted octanol–water partition coefficient (Wildman–Crippen LogP) is 4.48. The molecule has 0 aromatic carbocycles. The van der Waals surface area contributed by atoms with Gasteiger partial charge in [-0.05, 0) is 62.4 Å². The fourth-order valence-corrected chi connectivity index (χ4v) is 5.01. The van der Waals surface area contributed by atoms with Crippen LogP contribution in [0.1, 0.15) is 37.7 Å². The highest BCUT2D eigenvalue weighted by Gasteiger charge is 2.22. The summed E-state index contributed by atoms with van der Waals surface area (Å²) in [5, 5.41) is 7.97. The monoisotopic (exact) mass is 466 g/mol. The highest BCUT2D eigenvalue weighted by molar-refractivity contribution is 5.77. The average Bonchev–Trinajstić information content (AvgIpc) is 3.63. The molecule has 0 spiro atoms. The molecule has 0 bridgehead atoms. The van der Waals surface area contributed by atoms with E-state index in [2.05, 4.69) is 44.4 Å².